The highest BCUT2D eigenvalue weighted by Gasteiger charge is 2.18. The van der Waals surface area contributed by atoms with Gasteiger partial charge in [0.25, 0.3) is 10.0 Å². The van der Waals surface area contributed by atoms with Gasteiger partial charge in [-0.05, 0) is 49.4 Å². The minimum absolute atomic E-state index is 0.00672. The quantitative estimate of drug-likeness (QED) is 0.527. The first-order valence-corrected chi connectivity index (χ1v) is 10.3. The average molecular weight is 398 g/mol. The Labute approximate surface area is 162 Å². The molecule has 4 rings (SSSR count). The zero-order valence-corrected chi connectivity index (χ0v) is 16.3. The zero-order chi connectivity index (χ0) is 19.9. The van der Waals surface area contributed by atoms with Crippen LogP contribution in [0.2, 0.25) is 0 Å². The average Bonchev–Trinajstić information content (AvgIpc) is 3.00. The molecule has 0 amide bonds. The van der Waals surface area contributed by atoms with Gasteiger partial charge in [-0.3, -0.25) is 4.72 Å². The number of sulfonamides is 1. The topological polar surface area (TPSA) is 60.3 Å². The van der Waals surface area contributed by atoms with Gasteiger partial charge in [0.2, 0.25) is 0 Å². The highest BCUT2D eigenvalue weighted by Crippen LogP contribution is 2.32. The Bertz CT molecular complexity index is 1300. The van der Waals surface area contributed by atoms with Crippen molar-refractivity contribution in [2.75, 3.05) is 11.8 Å². The number of nitrogens with one attached hydrogen (secondary N) is 1. The standard InChI is InChI=1S/C21H19FN2O3S/c1-3-24-19-7-5-4-6-16(19)17-12-14(8-10-20(17)24)23-28(25,26)15-9-11-21(27-2)18(22)13-15/h4-13,23H,3H2,1-2H3. The number of aryl methyl sites for hydroxylation is 1. The fourth-order valence-corrected chi connectivity index (χ4v) is 4.55. The van der Waals surface area contributed by atoms with Crippen LogP contribution in [0, 0.1) is 5.82 Å². The van der Waals surface area contributed by atoms with Gasteiger partial charge in [0.1, 0.15) is 0 Å². The normalized spacial score (nSPS) is 11.8. The maximum absolute atomic E-state index is 13.9. The fourth-order valence-electron chi connectivity index (χ4n) is 3.49. The predicted octanol–water partition coefficient (Wildman–Crippen LogP) is 4.76. The van der Waals surface area contributed by atoms with Gasteiger partial charge in [0, 0.05) is 34.0 Å². The number of para-hydroxylation sites is 1. The van der Waals surface area contributed by atoms with Crippen LogP contribution in [-0.4, -0.2) is 20.1 Å². The summed E-state index contributed by atoms with van der Waals surface area (Å²) in [5.74, 6) is -0.736. The number of halogens is 1. The third-order valence-corrected chi connectivity index (χ3v) is 6.15. The SMILES string of the molecule is CCn1c2ccccc2c2cc(NS(=O)(=O)c3ccc(OC)c(F)c3)ccc21. The van der Waals surface area contributed by atoms with Crippen molar-refractivity contribution in [2.24, 2.45) is 0 Å². The summed E-state index contributed by atoms with van der Waals surface area (Å²) in [6.45, 7) is 2.88. The Kier molecular flexibility index (Phi) is 4.47. The summed E-state index contributed by atoms with van der Waals surface area (Å²) in [6.07, 6.45) is 0. The van der Waals surface area contributed by atoms with Crippen LogP contribution >= 0.6 is 0 Å². The summed E-state index contributed by atoms with van der Waals surface area (Å²) < 4.78 is 48.9. The lowest BCUT2D eigenvalue weighted by atomic mass is 10.1. The summed E-state index contributed by atoms with van der Waals surface area (Å²) in [4.78, 5) is -0.165. The van der Waals surface area contributed by atoms with Gasteiger partial charge in [-0.15, -0.1) is 0 Å². The number of hydrogen-bond donors (Lipinski definition) is 1. The van der Waals surface area contributed by atoms with Gasteiger partial charge in [0.15, 0.2) is 11.6 Å². The number of rotatable bonds is 5. The molecule has 0 fully saturated rings. The number of aromatic nitrogens is 1. The number of methoxy groups -OCH3 is 1. The predicted molar refractivity (Wildman–Crippen MR) is 109 cm³/mol. The van der Waals surface area contributed by atoms with E-state index in [0.717, 1.165) is 34.4 Å². The van der Waals surface area contributed by atoms with E-state index in [2.05, 4.69) is 16.2 Å². The molecule has 0 unspecified atom stereocenters. The van der Waals surface area contributed by atoms with Crippen LogP contribution in [0.15, 0.2) is 65.6 Å². The third-order valence-electron chi connectivity index (χ3n) is 4.77. The van der Waals surface area contributed by atoms with Crippen LogP contribution in [0.4, 0.5) is 10.1 Å². The molecule has 4 aromatic rings. The minimum atomic E-state index is -3.93. The zero-order valence-electron chi connectivity index (χ0n) is 15.4. The number of hydrogen-bond acceptors (Lipinski definition) is 3. The monoisotopic (exact) mass is 398 g/mol. The molecule has 3 aromatic carbocycles. The van der Waals surface area contributed by atoms with Gasteiger partial charge in [-0.2, -0.15) is 0 Å². The smallest absolute Gasteiger partial charge is 0.262 e. The van der Waals surface area contributed by atoms with Gasteiger partial charge in [-0.1, -0.05) is 18.2 Å². The third kappa shape index (κ3) is 2.97. The molecule has 0 radical (unpaired) electrons. The van der Waals surface area contributed by atoms with E-state index in [1.54, 1.807) is 12.1 Å². The molecular weight excluding hydrogens is 379 g/mol. The molecule has 0 spiro atoms. The molecule has 0 aliphatic carbocycles. The van der Waals surface area contributed by atoms with Crippen LogP contribution in [0.1, 0.15) is 6.92 Å². The summed E-state index contributed by atoms with van der Waals surface area (Å²) in [5.41, 5.74) is 2.54. The van der Waals surface area contributed by atoms with Crippen molar-refractivity contribution in [1.82, 2.24) is 4.57 Å². The Balaban J connectivity index is 1.77. The first-order chi connectivity index (χ1) is 13.4. The van der Waals surface area contributed by atoms with Crippen molar-refractivity contribution in [3.05, 3.63) is 66.5 Å². The van der Waals surface area contributed by atoms with Crippen molar-refractivity contribution in [2.45, 2.75) is 18.4 Å². The fraction of sp³-hybridized carbons (Fsp3) is 0.143. The molecular formula is C21H19FN2O3S. The lowest BCUT2D eigenvalue weighted by Gasteiger charge is -2.10. The molecule has 0 bridgehead atoms. The Morgan fingerprint density at radius 2 is 1.75 bits per heavy atom. The van der Waals surface area contributed by atoms with Crippen molar-refractivity contribution in [3.63, 3.8) is 0 Å². The highest BCUT2D eigenvalue weighted by molar-refractivity contribution is 7.92. The minimum Gasteiger partial charge on any atom is -0.494 e. The second-order valence-corrected chi connectivity index (χ2v) is 8.08. The number of fused-ring (bicyclic) bond motifs is 3. The second kappa shape index (κ2) is 6.83. The van der Waals surface area contributed by atoms with Crippen molar-refractivity contribution in [3.8, 4) is 5.75 Å². The van der Waals surface area contributed by atoms with Crippen LogP contribution < -0.4 is 9.46 Å². The van der Waals surface area contributed by atoms with Gasteiger partial charge in [0.05, 0.1) is 12.0 Å². The molecule has 5 nitrogen and oxygen atoms in total. The first-order valence-electron chi connectivity index (χ1n) is 8.82. The van der Waals surface area contributed by atoms with Crippen LogP contribution in [0.3, 0.4) is 0 Å². The van der Waals surface area contributed by atoms with Crippen molar-refractivity contribution >= 4 is 37.5 Å². The van der Waals surface area contributed by atoms with E-state index in [-0.39, 0.29) is 10.6 Å². The maximum atomic E-state index is 13.9. The molecule has 1 heterocycles. The van der Waals surface area contributed by atoms with Gasteiger partial charge < -0.3 is 9.30 Å². The van der Waals surface area contributed by atoms with Crippen LogP contribution in [-0.2, 0) is 16.6 Å². The summed E-state index contributed by atoms with van der Waals surface area (Å²) in [5, 5.41) is 2.01. The van der Waals surface area contributed by atoms with Crippen LogP contribution in [0.25, 0.3) is 21.8 Å². The molecule has 0 saturated carbocycles. The molecule has 1 N–H and O–H groups in total. The second-order valence-electron chi connectivity index (χ2n) is 6.40. The van der Waals surface area contributed by atoms with E-state index in [0.29, 0.717) is 5.69 Å². The van der Waals surface area contributed by atoms with E-state index >= 15 is 0 Å². The summed E-state index contributed by atoms with van der Waals surface area (Å²) >= 11 is 0. The Hall–Kier alpha value is -3.06. The van der Waals surface area contributed by atoms with Crippen LogP contribution in [0.5, 0.6) is 5.75 Å². The van der Waals surface area contributed by atoms with E-state index in [9.17, 15) is 12.8 Å². The molecule has 0 aliphatic rings. The van der Waals surface area contributed by atoms with E-state index in [4.69, 9.17) is 4.74 Å². The Morgan fingerprint density at radius 1 is 1.00 bits per heavy atom. The van der Waals surface area contributed by atoms with Gasteiger partial charge in [-0.25, -0.2) is 12.8 Å². The van der Waals surface area contributed by atoms with E-state index < -0.39 is 15.8 Å². The van der Waals surface area contributed by atoms with Crippen molar-refractivity contribution in [1.29, 1.82) is 0 Å². The molecule has 0 saturated heterocycles. The highest BCUT2D eigenvalue weighted by atomic mass is 32.2. The molecule has 144 valence electrons. The molecule has 1 aromatic heterocycles. The number of nitrogens with zero attached hydrogens (tertiary/aromatic N) is 1. The first kappa shape index (κ1) is 18.3. The molecule has 28 heavy (non-hydrogen) atoms. The maximum Gasteiger partial charge on any atom is 0.262 e. The van der Waals surface area contributed by atoms with E-state index in [1.807, 2.05) is 30.3 Å². The summed E-state index contributed by atoms with van der Waals surface area (Å²) in [6, 6.07) is 17.0. The van der Waals surface area contributed by atoms with Gasteiger partial charge >= 0.3 is 0 Å². The lowest BCUT2D eigenvalue weighted by molar-refractivity contribution is 0.385. The Morgan fingerprint density at radius 3 is 2.46 bits per heavy atom. The summed E-state index contributed by atoms with van der Waals surface area (Å²) in [7, 11) is -2.61. The lowest BCUT2D eigenvalue weighted by Crippen LogP contribution is -2.13. The largest absolute Gasteiger partial charge is 0.494 e. The number of ether oxygens (including phenoxy) is 1. The van der Waals surface area contributed by atoms with E-state index in [1.165, 1.54) is 19.2 Å². The number of anilines is 1. The molecule has 0 atom stereocenters. The molecule has 0 aliphatic heterocycles. The molecule has 7 heteroatoms. The number of benzene rings is 3. The van der Waals surface area contributed by atoms with Crippen molar-refractivity contribution < 1.29 is 17.5 Å².